The zero-order chi connectivity index (χ0) is 11.5. The third-order valence-corrected chi connectivity index (χ3v) is 4.37. The molecule has 0 amide bonds. The van der Waals surface area contributed by atoms with E-state index in [2.05, 4.69) is 11.8 Å². The van der Waals surface area contributed by atoms with E-state index in [1.165, 1.54) is 25.8 Å². The normalized spacial score (nSPS) is 37.2. The molecule has 1 heterocycles. The number of aliphatic carboxylic acids is 1. The van der Waals surface area contributed by atoms with Crippen molar-refractivity contribution in [1.29, 1.82) is 0 Å². The number of rotatable bonds is 2. The highest BCUT2D eigenvalue weighted by atomic mass is 16.4. The molecule has 1 saturated heterocycles. The lowest BCUT2D eigenvalue weighted by molar-refractivity contribution is -0.143. The number of carboxylic acid groups (broad SMARTS) is 1. The van der Waals surface area contributed by atoms with Crippen LogP contribution < -0.4 is 0 Å². The summed E-state index contributed by atoms with van der Waals surface area (Å²) < 4.78 is 0. The van der Waals surface area contributed by atoms with E-state index >= 15 is 0 Å². The largest absolute Gasteiger partial charge is 0.481 e. The summed E-state index contributed by atoms with van der Waals surface area (Å²) in [4.78, 5) is 13.5. The van der Waals surface area contributed by atoms with Gasteiger partial charge >= 0.3 is 5.97 Å². The van der Waals surface area contributed by atoms with Gasteiger partial charge in [-0.25, -0.2) is 0 Å². The number of nitrogens with zero attached hydrogens (tertiary/aromatic N) is 1. The van der Waals surface area contributed by atoms with Crippen LogP contribution >= 0.6 is 0 Å². The Morgan fingerprint density at radius 3 is 2.38 bits per heavy atom. The van der Waals surface area contributed by atoms with E-state index in [1.54, 1.807) is 0 Å². The Kier molecular flexibility index (Phi) is 3.85. The van der Waals surface area contributed by atoms with E-state index in [0.717, 1.165) is 25.7 Å². The lowest BCUT2D eigenvalue weighted by Gasteiger charge is -2.42. The van der Waals surface area contributed by atoms with Crippen molar-refractivity contribution >= 4 is 5.97 Å². The molecule has 1 aliphatic heterocycles. The number of hydrogen-bond acceptors (Lipinski definition) is 2. The second-order valence-electron chi connectivity index (χ2n) is 5.43. The minimum atomic E-state index is -0.592. The number of carboxylic acids is 1. The number of hydrogen-bond donors (Lipinski definition) is 1. The Morgan fingerprint density at radius 1 is 1.12 bits per heavy atom. The molecule has 0 aromatic heterocycles. The molecular weight excluding hydrogens is 202 g/mol. The zero-order valence-electron chi connectivity index (χ0n) is 10.2. The SMILES string of the molecule is C[C@H]1CCCCN1C1CCC(C(=O)O)CC1. The van der Waals surface area contributed by atoms with E-state index in [1.807, 2.05) is 0 Å². The maximum absolute atomic E-state index is 10.9. The van der Waals surface area contributed by atoms with Crippen molar-refractivity contribution < 1.29 is 9.90 Å². The molecule has 3 heteroatoms. The molecule has 2 rings (SSSR count). The molecule has 0 aromatic rings. The highest BCUT2D eigenvalue weighted by Crippen LogP contribution is 2.31. The van der Waals surface area contributed by atoms with Crippen LogP contribution in [-0.4, -0.2) is 34.6 Å². The lowest BCUT2D eigenvalue weighted by atomic mass is 9.84. The Labute approximate surface area is 97.8 Å². The summed E-state index contributed by atoms with van der Waals surface area (Å²) in [5.41, 5.74) is 0. The van der Waals surface area contributed by atoms with Crippen LogP contribution in [0, 0.1) is 5.92 Å². The standard InChI is InChI=1S/C13H23NO2/c1-10-4-2-3-9-14(10)12-7-5-11(6-8-12)13(15)16/h10-12H,2-9H2,1H3,(H,15,16)/t10-,11?,12?/m0/s1. The van der Waals surface area contributed by atoms with E-state index in [-0.39, 0.29) is 5.92 Å². The van der Waals surface area contributed by atoms with Crippen LogP contribution in [0.25, 0.3) is 0 Å². The molecule has 1 N–H and O–H groups in total. The van der Waals surface area contributed by atoms with Crippen LogP contribution in [0.1, 0.15) is 51.9 Å². The molecule has 16 heavy (non-hydrogen) atoms. The van der Waals surface area contributed by atoms with E-state index in [9.17, 15) is 4.79 Å². The first kappa shape index (κ1) is 11.9. The molecule has 0 radical (unpaired) electrons. The lowest BCUT2D eigenvalue weighted by Crippen LogP contribution is -2.46. The average molecular weight is 225 g/mol. The van der Waals surface area contributed by atoms with Gasteiger partial charge in [-0.05, 0) is 52.0 Å². The first-order valence-electron chi connectivity index (χ1n) is 6.67. The molecular formula is C13H23NO2. The molecule has 3 nitrogen and oxygen atoms in total. The molecule has 1 atom stereocenters. The molecule has 0 aromatic carbocycles. The van der Waals surface area contributed by atoms with Gasteiger partial charge in [0.15, 0.2) is 0 Å². The molecule has 0 spiro atoms. The van der Waals surface area contributed by atoms with Crippen LogP contribution in [0.15, 0.2) is 0 Å². The van der Waals surface area contributed by atoms with Crippen LogP contribution in [0.4, 0.5) is 0 Å². The average Bonchev–Trinajstić information content (AvgIpc) is 2.30. The Hall–Kier alpha value is -0.570. The monoisotopic (exact) mass is 225 g/mol. The summed E-state index contributed by atoms with van der Waals surface area (Å²) in [5.74, 6) is -0.665. The first-order chi connectivity index (χ1) is 7.68. The van der Waals surface area contributed by atoms with Gasteiger partial charge < -0.3 is 5.11 Å². The van der Waals surface area contributed by atoms with Crippen molar-refractivity contribution in [2.75, 3.05) is 6.54 Å². The van der Waals surface area contributed by atoms with E-state index < -0.39 is 5.97 Å². The minimum absolute atomic E-state index is 0.0728. The smallest absolute Gasteiger partial charge is 0.306 e. The van der Waals surface area contributed by atoms with Gasteiger partial charge in [0.2, 0.25) is 0 Å². The molecule has 2 aliphatic rings. The topological polar surface area (TPSA) is 40.5 Å². The fraction of sp³-hybridized carbons (Fsp3) is 0.923. The minimum Gasteiger partial charge on any atom is -0.481 e. The fourth-order valence-corrected chi connectivity index (χ4v) is 3.32. The highest BCUT2D eigenvalue weighted by Gasteiger charge is 2.31. The van der Waals surface area contributed by atoms with E-state index in [0.29, 0.717) is 12.1 Å². The first-order valence-corrected chi connectivity index (χ1v) is 6.67. The number of piperidine rings is 1. The second-order valence-corrected chi connectivity index (χ2v) is 5.43. The summed E-state index contributed by atoms with van der Waals surface area (Å²) in [7, 11) is 0. The van der Waals surface area contributed by atoms with Gasteiger partial charge in [-0.1, -0.05) is 6.42 Å². The van der Waals surface area contributed by atoms with Gasteiger partial charge in [-0.2, -0.15) is 0 Å². The Morgan fingerprint density at radius 2 is 1.81 bits per heavy atom. The quantitative estimate of drug-likeness (QED) is 0.785. The predicted molar refractivity (Wildman–Crippen MR) is 63.4 cm³/mol. The highest BCUT2D eigenvalue weighted by molar-refractivity contribution is 5.70. The van der Waals surface area contributed by atoms with Gasteiger partial charge in [-0.15, -0.1) is 0 Å². The van der Waals surface area contributed by atoms with Crippen molar-refractivity contribution in [3.8, 4) is 0 Å². The van der Waals surface area contributed by atoms with Crippen LogP contribution in [-0.2, 0) is 4.79 Å². The summed E-state index contributed by atoms with van der Waals surface area (Å²) in [6.45, 7) is 3.55. The molecule has 0 bridgehead atoms. The predicted octanol–water partition coefficient (Wildman–Crippen LogP) is 2.50. The summed E-state index contributed by atoms with van der Waals surface area (Å²) in [5, 5.41) is 8.97. The maximum atomic E-state index is 10.9. The van der Waals surface area contributed by atoms with E-state index in [4.69, 9.17) is 5.11 Å². The number of likely N-dealkylation sites (tertiary alicyclic amines) is 1. The maximum Gasteiger partial charge on any atom is 0.306 e. The zero-order valence-corrected chi connectivity index (χ0v) is 10.2. The molecule has 92 valence electrons. The van der Waals surface area contributed by atoms with Gasteiger partial charge in [-0.3, -0.25) is 9.69 Å². The van der Waals surface area contributed by atoms with Crippen LogP contribution in [0.2, 0.25) is 0 Å². The van der Waals surface area contributed by atoms with Gasteiger partial charge in [0.25, 0.3) is 0 Å². The Balaban J connectivity index is 1.85. The summed E-state index contributed by atoms with van der Waals surface area (Å²) in [6.07, 6.45) is 7.93. The molecule has 1 saturated carbocycles. The summed E-state index contributed by atoms with van der Waals surface area (Å²) >= 11 is 0. The fourth-order valence-electron chi connectivity index (χ4n) is 3.32. The van der Waals surface area contributed by atoms with Gasteiger partial charge in [0.05, 0.1) is 5.92 Å². The third-order valence-electron chi connectivity index (χ3n) is 4.37. The second kappa shape index (κ2) is 5.17. The van der Waals surface area contributed by atoms with Crippen molar-refractivity contribution in [3.63, 3.8) is 0 Å². The van der Waals surface area contributed by atoms with Gasteiger partial charge in [0, 0.05) is 12.1 Å². The van der Waals surface area contributed by atoms with Crippen LogP contribution in [0.3, 0.4) is 0 Å². The molecule has 0 unspecified atom stereocenters. The third kappa shape index (κ3) is 2.57. The van der Waals surface area contributed by atoms with Crippen molar-refractivity contribution in [3.05, 3.63) is 0 Å². The van der Waals surface area contributed by atoms with Crippen molar-refractivity contribution in [1.82, 2.24) is 4.90 Å². The summed E-state index contributed by atoms with van der Waals surface area (Å²) in [6, 6.07) is 1.37. The van der Waals surface area contributed by atoms with Crippen molar-refractivity contribution in [2.24, 2.45) is 5.92 Å². The van der Waals surface area contributed by atoms with Crippen LogP contribution in [0.5, 0.6) is 0 Å². The molecule has 1 aliphatic carbocycles. The molecule has 2 fully saturated rings. The number of carbonyl (C=O) groups is 1. The van der Waals surface area contributed by atoms with Crippen molar-refractivity contribution in [2.45, 2.75) is 64.0 Å². The van der Waals surface area contributed by atoms with Gasteiger partial charge in [0.1, 0.15) is 0 Å². The Bertz CT molecular complexity index is 246.